The average molecular weight is 373 g/mol. The molecule has 0 saturated heterocycles. The van der Waals surface area contributed by atoms with Crippen LogP contribution in [0, 0.1) is 11.3 Å². The highest BCUT2D eigenvalue weighted by Gasteiger charge is 2.17. The topological polar surface area (TPSA) is 93.5 Å². The van der Waals surface area contributed by atoms with Crippen LogP contribution in [-0.4, -0.2) is 17.7 Å². The standard InChI is InChI=1S/C21H15N3O4/c22-11-14-3-5-15(6-4-14)12-24-20(25)17-2-1-9-23-21(17)28-16-7-8-18-19(10-16)27-13-26-18/h1-10H,12-13H2,(H,24,25). The first-order valence-corrected chi connectivity index (χ1v) is 8.53. The van der Waals surface area contributed by atoms with Gasteiger partial charge in [0.2, 0.25) is 12.7 Å². The molecule has 0 radical (unpaired) electrons. The lowest BCUT2D eigenvalue weighted by Gasteiger charge is -2.11. The van der Waals surface area contributed by atoms with Gasteiger partial charge in [-0.15, -0.1) is 0 Å². The monoisotopic (exact) mass is 373 g/mol. The van der Waals surface area contributed by atoms with Crippen molar-refractivity contribution < 1.29 is 19.0 Å². The van der Waals surface area contributed by atoms with Crippen molar-refractivity contribution in [1.82, 2.24) is 10.3 Å². The summed E-state index contributed by atoms with van der Waals surface area (Å²) in [5.74, 6) is 1.60. The average Bonchev–Trinajstić information content (AvgIpc) is 3.21. The van der Waals surface area contributed by atoms with E-state index in [0.717, 1.165) is 5.56 Å². The Balaban J connectivity index is 1.47. The quantitative estimate of drug-likeness (QED) is 0.737. The van der Waals surface area contributed by atoms with Gasteiger partial charge < -0.3 is 19.5 Å². The van der Waals surface area contributed by atoms with Crippen molar-refractivity contribution in [3.63, 3.8) is 0 Å². The van der Waals surface area contributed by atoms with Gasteiger partial charge in [0.1, 0.15) is 11.3 Å². The number of rotatable bonds is 5. The summed E-state index contributed by atoms with van der Waals surface area (Å²) in [7, 11) is 0. The van der Waals surface area contributed by atoms with E-state index in [9.17, 15) is 4.79 Å². The van der Waals surface area contributed by atoms with Crippen LogP contribution in [0.3, 0.4) is 0 Å². The number of fused-ring (bicyclic) bond motifs is 1. The number of benzene rings is 2. The van der Waals surface area contributed by atoms with Crippen molar-refractivity contribution in [2.75, 3.05) is 6.79 Å². The molecule has 0 saturated carbocycles. The minimum atomic E-state index is -0.312. The van der Waals surface area contributed by atoms with Gasteiger partial charge in [0.25, 0.3) is 5.91 Å². The van der Waals surface area contributed by atoms with E-state index in [1.165, 1.54) is 0 Å². The Morgan fingerprint density at radius 2 is 1.96 bits per heavy atom. The Morgan fingerprint density at radius 3 is 2.79 bits per heavy atom. The third kappa shape index (κ3) is 3.71. The summed E-state index contributed by atoms with van der Waals surface area (Å²) in [6, 6.07) is 17.5. The normalized spacial score (nSPS) is 11.5. The number of hydrogen-bond acceptors (Lipinski definition) is 6. The summed E-state index contributed by atoms with van der Waals surface area (Å²) in [6.07, 6.45) is 1.56. The van der Waals surface area contributed by atoms with Gasteiger partial charge in [0.15, 0.2) is 11.5 Å². The highest BCUT2D eigenvalue weighted by Crippen LogP contribution is 2.36. The highest BCUT2D eigenvalue weighted by atomic mass is 16.7. The molecule has 28 heavy (non-hydrogen) atoms. The molecule has 1 aromatic heterocycles. The molecule has 0 atom stereocenters. The van der Waals surface area contributed by atoms with E-state index in [1.807, 2.05) is 0 Å². The van der Waals surface area contributed by atoms with E-state index in [2.05, 4.69) is 16.4 Å². The number of pyridine rings is 1. The molecule has 1 aliphatic rings. The van der Waals surface area contributed by atoms with Gasteiger partial charge in [0.05, 0.1) is 11.6 Å². The van der Waals surface area contributed by atoms with Gasteiger partial charge in [-0.2, -0.15) is 5.26 Å². The molecule has 1 N–H and O–H groups in total. The SMILES string of the molecule is N#Cc1ccc(CNC(=O)c2cccnc2Oc2ccc3c(c2)OCO3)cc1. The first kappa shape index (κ1) is 17.4. The van der Waals surface area contributed by atoms with E-state index in [1.54, 1.807) is 60.8 Å². The summed E-state index contributed by atoms with van der Waals surface area (Å²) in [5.41, 5.74) is 1.77. The third-order valence-corrected chi connectivity index (χ3v) is 4.11. The van der Waals surface area contributed by atoms with Crippen LogP contribution in [0.15, 0.2) is 60.8 Å². The number of aromatic nitrogens is 1. The summed E-state index contributed by atoms with van der Waals surface area (Å²) in [4.78, 5) is 16.8. The smallest absolute Gasteiger partial charge is 0.257 e. The zero-order valence-corrected chi connectivity index (χ0v) is 14.7. The first-order chi connectivity index (χ1) is 13.7. The lowest BCUT2D eigenvalue weighted by atomic mass is 10.1. The molecule has 0 spiro atoms. The molecule has 3 aromatic rings. The number of carbonyl (C=O) groups excluding carboxylic acids is 1. The number of ether oxygens (including phenoxy) is 3. The zero-order chi connectivity index (χ0) is 19.3. The molecule has 1 aliphatic heterocycles. The maximum atomic E-state index is 12.6. The van der Waals surface area contributed by atoms with Crippen LogP contribution in [0.25, 0.3) is 0 Å². The number of nitrogens with zero attached hydrogens (tertiary/aromatic N) is 2. The van der Waals surface area contributed by atoms with E-state index >= 15 is 0 Å². The molecule has 7 nitrogen and oxygen atoms in total. The van der Waals surface area contributed by atoms with Crippen molar-refractivity contribution in [3.8, 4) is 29.2 Å². The van der Waals surface area contributed by atoms with E-state index in [0.29, 0.717) is 34.9 Å². The molecule has 2 aromatic carbocycles. The van der Waals surface area contributed by atoms with Crippen LogP contribution >= 0.6 is 0 Å². The molecule has 7 heteroatoms. The van der Waals surface area contributed by atoms with Crippen molar-refractivity contribution in [1.29, 1.82) is 5.26 Å². The molecule has 4 rings (SSSR count). The minimum absolute atomic E-state index is 0.172. The van der Waals surface area contributed by atoms with Gasteiger partial charge in [-0.1, -0.05) is 12.1 Å². The van der Waals surface area contributed by atoms with Crippen molar-refractivity contribution in [3.05, 3.63) is 77.5 Å². The third-order valence-electron chi connectivity index (χ3n) is 4.11. The summed E-state index contributed by atoms with van der Waals surface area (Å²) in [6.45, 7) is 0.494. The van der Waals surface area contributed by atoms with Crippen LogP contribution in [0.1, 0.15) is 21.5 Å². The Kier molecular flexibility index (Phi) is 4.76. The fourth-order valence-electron chi connectivity index (χ4n) is 2.67. The predicted octanol–water partition coefficient (Wildman–Crippen LogP) is 3.40. The van der Waals surface area contributed by atoms with Crippen LogP contribution in [0.2, 0.25) is 0 Å². The summed E-state index contributed by atoms with van der Waals surface area (Å²) >= 11 is 0. The van der Waals surface area contributed by atoms with Crippen LogP contribution in [0.4, 0.5) is 0 Å². The van der Waals surface area contributed by atoms with Crippen molar-refractivity contribution in [2.24, 2.45) is 0 Å². The van der Waals surface area contributed by atoms with Gasteiger partial charge in [-0.25, -0.2) is 4.98 Å². The predicted molar refractivity (Wildman–Crippen MR) is 99.2 cm³/mol. The Hall–Kier alpha value is -4.05. The van der Waals surface area contributed by atoms with Gasteiger partial charge in [-0.05, 0) is 42.0 Å². The molecule has 0 unspecified atom stereocenters. The Morgan fingerprint density at radius 1 is 1.14 bits per heavy atom. The number of amides is 1. The molecule has 0 bridgehead atoms. The number of carbonyl (C=O) groups is 1. The van der Waals surface area contributed by atoms with E-state index in [4.69, 9.17) is 19.5 Å². The van der Waals surface area contributed by atoms with Crippen LogP contribution < -0.4 is 19.5 Å². The van der Waals surface area contributed by atoms with Gasteiger partial charge in [-0.3, -0.25) is 4.79 Å². The second kappa shape index (κ2) is 7.68. The van der Waals surface area contributed by atoms with Crippen molar-refractivity contribution >= 4 is 5.91 Å². The second-order valence-corrected chi connectivity index (χ2v) is 5.96. The molecule has 0 fully saturated rings. The molecular formula is C21H15N3O4. The van der Waals surface area contributed by atoms with Gasteiger partial charge >= 0.3 is 0 Å². The lowest BCUT2D eigenvalue weighted by Crippen LogP contribution is -2.23. The minimum Gasteiger partial charge on any atom is -0.454 e. The largest absolute Gasteiger partial charge is 0.454 e. The summed E-state index contributed by atoms with van der Waals surface area (Å²) < 4.78 is 16.4. The number of nitriles is 1. The molecule has 2 heterocycles. The second-order valence-electron chi connectivity index (χ2n) is 5.96. The maximum absolute atomic E-state index is 12.6. The summed E-state index contributed by atoms with van der Waals surface area (Å²) in [5, 5.41) is 11.7. The van der Waals surface area contributed by atoms with Crippen molar-refractivity contribution in [2.45, 2.75) is 6.54 Å². The fraction of sp³-hybridized carbons (Fsp3) is 0.0952. The molecular weight excluding hydrogens is 358 g/mol. The van der Waals surface area contributed by atoms with Gasteiger partial charge in [0, 0.05) is 18.8 Å². The first-order valence-electron chi connectivity index (χ1n) is 8.53. The number of hydrogen-bond donors (Lipinski definition) is 1. The molecule has 138 valence electrons. The Labute approximate surface area is 161 Å². The molecule has 0 aliphatic carbocycles. The Bertz CT molecular complexity index is 1060. The van der Waals surface area contributed by atoms with Crippen LogP contribution in [0.5, 0.6) is 23.1 Å². The van der Waals surface area contributed by atoms with E-state index < -0.39 is 0 Å². The van der Waals surface area contributed by atoms with Crippen LogP contribution in [-0.2, 0) is 6.54 Å². The lowest BCUT2D eigenvalue weighted by molar-refractivity contribution is 0.0948. The maximum Gasteiger partial charge on any atom is 0.257 e. The highest BCUT2D eigenvalue weighted by molar-refractivity contribution is 5.96. The molecule has 1 amide bonds. The zero-order valence-electron chi connectivity index (χ0n) is 14.7. The fourth-order valence-corrected chi connectivity index (χ4v) is 2.67. The van der Waals surface area contributed by atoms with E-state index in [-0.39, 0.29) is 18.6 Å². The number of nitrogens with one attached hydrogen (secondary N) is 1.